The summed E-state index contributed by atoms with van der Waals surface area (Å²) < 4.78 is 1.98. The van der Waals surface area contributed by atoms with Gasteiger partial charge in [0, 0.05) is 35.9 Å². The van der Waals surface area contributed by atoms with Crippen LogP contribution in [-0.2, 0) is 4.79 Å². The Morgan fingerprint density at radius 3 is 2.39 bits per heavy atom. The van der Waals surface area contributed by atoms with Gasteiger partial charge in [-0.3, -0.25) is 9.78 Å². The van der Waals surface area contributed by atoms with Crippen molar-refractivity contribution in [2.75, 3.05) is 10.2 Å². The lowest BCUT2D eigenvalue weighted by Crippen LogP contribution is -2.29. The summed E-state index contributed by atoms with van der Waals surface area (Å²) in [5.41, 5.74) is 6.04. The third-order valence-electron chi connectivity index (χ3n) is 6.73. The number of nitrogens with zero attached hydrogens (tertiary/aromatic N) is 3. The summed E-state index contributed by atoms with van der Waals surface area (Å²) in [4.78, 5) is 30.2. The smallest absolute Gasteiger partial charge is 0.337 e. The van der Waals surface area contributed by atoms with Gasteiger partial charge in [0.15, 0.2) is 5.11 Å². The van der Waals surface area contributed by atoms with Crippen LogP contribution in [0.15, 0.2) is 79.0 Å². The molecule has 5 rings (SSSR count). The van der Waals surface area contributed by atoms with Crippen LogP contribution < -0.4 is 15.5 Å². The molecule has 1 aliphatic heterocycles. The van der Waals surface area contributed by atoms with Crippen LogP contribution in [-0.4, -0.2) is 31.6 Å². The number of carboxylic acids is 1. The lowest BCUT2D eigenvalue weighted by Gasteiger charge is -2.28. The van der Waals surface area contributed by atoms with Gasteiger partial charge >= 0.3 is 5.97 Å². The van der Waals surface area contributed by atoms with Gasteiger partial charge in [-0.05, 0) is 86.2 Å². The number of para-hydroxylation sites is 1. The Labute approximate surface area is 225 Å². The first-order valence-electron chi connectivity index (χ1n) is 12.2. The summed E-state index contributed by atoms with van der Waals surface area (Å²) >= 11 is 5.84. The predicted octanol–water partition coefficient (Wildman–Crippen LogP) is 5.32. The largest absolute Gasteiger partial charge is 0.478 e. The van der Waals surface area contributed by atoms with Crippen LogP contribution in [0.5, 0.6) is 0 Å². The number of aromatic carboxylic acids is 1. The highest BCUT2D eigenvalue weighted by Crippen LogP contribution is 2.44. The number of anilines is 2. The number of aromatic nitrogens is 2. The molecule has 0 radical (unpaired) electrons. The monoisotopic (exact) mass is 525 g/mol. The summed E-state index contributed by atoms with van der Waals surface area (Å²) in [7, 11) is 0. The standard InChI is InChI=1S/C29H27N5O3S/c1-17-16-23(18(2)33(17)25-10-5-4-8-22(25)28(36)37)27-26(24-9-6-7-15-30-24)32-29(38)34(27)21-13-11-20(12-14-21)31-19(3)35/h4-16,26-27H,1-3H3,(H,31,35)(H,32,38)(H,36,37)/t26-,27+/m0/s1. The number of amides is 1. The van der Waals surface area contributed by atoms with E-state index in [1.807, 2.05) is 73.0 Å². The molecule has 9 heteroatoms. The molecular weight excluding hydrogens is 498 g/mol. The van der Waals surface area contributed by atoms with E-state index in [9.17, 15) is 14.7 Å². The molecule has 3 heterocycles. The van der Waals surface area contributed by atoms with Gasteiger partial charge in [-0.1, -0.05) is 18.2 Å². The van der Waals surface area contributed by atoms with Gasteiger partial charge in [0.1, 0.15) is 0 Å². The lowest BCUT2D eigenvalue weighted by molar-refractivity contribution is -0.114. The average molecular weight is 526 g/mol. The number of rotatable bonds is 6. The summed E-state index contributed by atoms with van der Waals surface area (Å²) in [5, 5.41) is 16.6. The van der Waals surface area contributed by atoms with E-state index in [4.69, 9.17) is 12.2 Å². The van der Waals surface area contributed by atoms with E-state index in [1.54, 1.807) is 18.3 Å². The molecular formula is C29H27N5O3S. The summed E-state index contributed by atoms with van der Waals surface area (Å²) in [5.74, 6) is -1.12. The van der Waals surface area contributed by atoms with Crippen LogP contribution >= 0.6 is 12.2 Å². The third kappa shape index (κ3) is 4.52. The minimum Gasteiger partial charge on any atom is -0.478 e. The average Bonchev–Trinajstić information content (AvgIpc) is 3.39. The second-order valence-corrected chi connectivity index (χ2v) is 9.60. The molecule has 1 fully saturated rings. The number of nitrogens with one attached hydrogen (secondary N) is 2. The Morgan fingerprint density at radius 2 is 1.74 bits per heavy atom. The van der Waals surface area contributed by atoms with Crippen LogP contribution in [0.3, 0.4) is 0 Å². The van der Waals surface area contributed by atoms with Gasteiger partial charge in [-0.25, -0.2) is 4.79 Å². The number of pyridine rings is 1. The van der Waals surface area contributed by atoms with Crippen molar-refractivity contribution in [1.29, 1.82) is 0 Å². The van der Waals surface area contributed by atoms with Crippen molar-refractivity contribution < 1.29 is 14.7 Å². The van der Waals surface area contributed by atoms with Crippen LogP contribution in [0, 0.1) is 13.8 Å². The lowest BCUT2D eigenvalue weighted by atomic mass is 9.96. The molecule has 0 spiro atoms. The fourth-order valence-corrected chi connectivity index (χ4v) is 5.51. The van der Waals surface area contributed by atoms with E-state index in [0.29, 0.717) is 16.5 Å². The van der Waals surface area contributed by atoms with Gasteiger partial charge in [-0.2, -0.15) is 0 Å². The number of hydrogen-bond acceptors (Lipinski definition) is 4. The Bertz CT molecular complexity index is 1530. The normalized spacial score (nSPS) is 16.8. The van der Waals surface area contributed by atoms with E-state index >= 15 is 0 Å². The number of carboxylic acid groups (broad SMARTS) is 1. The van der Waals surface area contributed by atoms with Crippen molar-refractivity contribution in [2.24, 2.45) is 0 Å². The highest BCUT2D eigenvalue weighted by Gasteiger charge is 2.42. The maximum absolute atomic E-state index is 12.0. The SMILES string of the molecule is CC(=O)Nc1ccc(N2C(=S)N[C@@H](c3ccccn3)[C@H]2c2cc(C)n(-c3ccccc3C(=O)O)c2C)cc1. The number of hydrogen-bond donors (Lipinski definition) is 3. The minimum atomic E-state index is -0.981. The van der Waals surface area contributed by atoms with Gasteiger partial charge < -0.3 is 25.2 Å². The first-order chi connectivity index (χ1) is 18.3. The number of thiocarbonyl (C=S) groups is 1. The zero-order chi connectivity index (χ0) is 27.0. The van der Waals surface area contributed by atoms with Crippen molar-refractivity contribution in [1.82, 2.24) is 14.9 Å². The predicted molar refractivity (Wildman–Crippen MR) is 151 cm³/mol. The van der Waals surface area contributed by atoms with E-state index in [-0.39, 0.29) is 23.6 Å². The fourth-order valence-electron chi connectivity index (χ4n) is 5.16. The molecule has 1 amide bonds. The number of carbonyl (C=O) groups excluding carboxylic acids is 1. The van der Waals surface area contributed by atoms with Crippen LogP contribution in [0.4, 0.5) is 11.4 Å². The molecule has 2 atom stereocenters. The Kier molecular flexibility index (Phi) is 6.69. The Morgan fingerprint density at radius 1 is 1.03 bits per heavy atom. The molecule has 38 heavy (non-hydrogen) atoms. The molecule has 4 aromatic rings. The quantitative estimate of drug-likeness (QED) is 0.293. The molecule has 0 saturated carbocycles. The molecule has 0 unspecified atom stereocenters. The first kappa shape index (κ1) is 25.2. The van der Waals surface area contributed by atoms with Crippen molar-refractivity contribution in [3.05, 3.63) is 107 Å². The highest BCUT2D eigenvalue weighted by molar-refractivity contribution is 7.80. The third-order valence-corrected chi connectivity index (χ3v) is 7.04. The second kappa shape index (κ2) is 10.1. The maximum Gasteiger partial charge on any atom is 0.337 e. The highest BCUT2D eigenvalue weighted by atomic mass is 32.1. The topological polar surface area (TPSA) is 99.5 Å². The van der Waals surface area contributed by atoms with Crippen molar-refractivity contribution in [3.8, 4) is 5.69 Å². The molecule has 3 N–H and O–H groups in total. The zero-order valence-electron chi connectivity index (χ0n) is 21.2. The van der Waals surface area contributed by atoms with E-state index in [1.165, 1.54) is 6.92 Å². The summed E-state index contributed by atoms with van der Waals surface area (Å²) in [6.45, 7) is 5.44. The first-order valence-corrected chi connectivity index (χ1v) is 12.6. The molecule has 0 aliphatic carbocycles. The Balaban J connectivity index is 1.66. The minimum absolute atomic E-state index is 0.140. The number of benzene rings is 2. The number of aryl methyl sites for hydroxylation is 1. The zero-order valence-corrected chi connectivity index (χ0v) is 22.0. The van der Waals surface area contributed by atoms with Crippen LogP contribution in [0.2, 0.25) is 0 Å². The summed E-state index contributed by atoms with van der Waals surface area (Å²) in [6, 6.07) is 21.9. The van der Waals surface area contributed by atoms with Crippen LogP contribution in [0.1, 0.15) is 52.0 Å². The Hall–Kier alpha value is -4.50. The molecule has 1 aliphatic rings. The number of carbonyl (C=O) groups is 2. The molecule has 192 valence electrons. The van der Waals surface area contributed by atoms with Gasteiger partial charge in [-0.15, -0.1) is 0 Å². The van der Waals surface area contributed by atoms with Crippen LogP contribution in [0.25, 0.3) is 5.69 Å². The van der Waals surface area contributed by atoms with Gasteiger partial charge in [0.25, 0.3) is 0 Å². The molecule has 0 bridgehead atoms. The van der Waals surface area contributed by atoms with Gasteiger partial charge in [0.2, 0.25) is 5.91 Å². The van der Waals surface area contributed by atoms with Crippen molar-refractivity contribution in [3.63, 3.8) is 0 Å². The van der Waals surface area contributed by atoms with E-state index in [0.717, 1.165) is 28.3 Å². The molecule has 2 aromatic heterocycles. The molecule has 8 nitrogen and oxygen atoms in total. The van der Waals surface area contributed by atoms with Crippen molar-refractivity contribution in [2.45, 2.75) is 32.9 Å². The molecule has 2 aromatic carbocycles. The molecule has 1 saturated heterocycles. The summed E-state index contributed by atoms with van der Waals surface area (Å²) in [6.07, 6.45) is 1.76. The maximum atomic E-state index is 12.0. The van der Waals surface area contributed by atoms with E-state index in [2.05, 4.69) is 26.6 Å². The van der Waals surface area contributed by atoms with Gasteiger partial charge in [0.05, 0.1) is 29.0 Å². The van der Waals surface area contributed by atoms with E-state index < -0.39 is 5.97 Å². The second-order valence-electron chi connectivity index (χ2n) is 9.21. The fraction of sp³-hybridized carbons (Fsp3) is 0.172. The van der Waals surface area contributed by atoms with Crippen molar-refractivity contribution >= 4 is 40.6 Å².